The summed E-state index contributed by atoms with van der Waals surface area (Å²) in [5.74, 6) is 1.46. The molecule has 4 heterocycles. The minimum atomic E-state index is 0.0600. The highest BCUT2D eigenvalue weighted by Crippen LogP contribution is 2.37. The predicted molar refractivity (Wildman–Crippen MR) is 114 cm³/mol. The fourth-order valence-corrected chi connectivity index (χ4v) is 4.83. The molecule has 0 radical (unpaired) electrons. The summed E-state index contributed by atoms with van der Waals surface area (Å²) < 4.78 is 7.35. The second-order valence-corrected chi connectivity index (χ2v) is 8.74. The number of nitrogens with zero attached hydrogens (tertiary/aromatic N) is 5. The van der Waals surface area contributed by atoms with Crippen molar-refractivity contribution < 1.29 is 9.53 Å². The lowest BCUT2D eigenvalue weighted by Crippen LogP contribution is -2.58. The molecule has 0 saturated carbocycles. The molecule has 3 saturated heterocycles. The van der Waals surface area contributed by atoms with Gasteiger partial charge in [-0.25, -0.2) is 0 Å². The molecular weight excluding hydrogens is 380 g/mol. The summed E-state index contributed by atoms with van der Waals surface area (Å²) in [6.45, 7) is 4.03. The van der Waals surface area contributed by atoms with E-state index in [0.29, 0.717) is 18.5 Å². The second-order valence-electron chi connectivity index (χ2n) is 8.74. The SMILES string of the molecule is COc1ccccc1CNC(=O)[C@H]1CN2CC[C@H]1C[C@@H]2Cn1cc(CN(C)C)nn1. The average molecular weight is 413 g/mol. The van der Waals surface area contributed by atoms with Gasteiger partial charge in [-0.1, -0.05) is 23.4 Å². The number of nitrogens with one attached hydrogen (secondary N) is 1. The Kier molecular flexibility index (Phi) is 6.34. The Balaban J connectivity index is 1.32. The van der Waals surface area contributed by atoms with Crippen LogP contribution in [-0.4, -0.2) is 71.0 Å². The molecule has 2 bridgehead atoms. The highest BCUT2D eigenvalue weighted by molar-refractivity contribution is 5.79. The quantitative estimate of drug-likeness (QED) is 0.706. The van der Waals surface area contributed by atoms with Crippen molar-refractivity contribution in [3.63, 3.8) is 0 Å². The Morgan fingerprint density at radius 1 is 1.33 bits per heavy atom. The number of hydrogen-bond donors (Lipinski definition) is 1. The number of carbonyl (C=O) groups is 1. The van der Waals surface area contributed by atoms with Gasteiger partial charge in [-0.05, 0) is 45.5 Å². The molecule has 8 heteroatoms. The van der Waals surface area contributed by atoms with Gasteiger partial charge < -0.3 is 15.0 Å². The van der Waals surface area contributed by atoms with Crippen LogP contribution in [0.25, 0.3) is 0 Å². The summed E-state index contributed by atoms with van der Waals surface area (Å²) in [5.41, 5.74) is 2.00. The molecule has 1 unspecified atom stereocenters. The van der Waals surface area contributed by atoms with Crippen molar-refractivity contribution in [1.82, 2.24) is 30.1 Å². The summed E-state index contributed by atoms with van der Waals surface area (Å²) in [7, 11) is 5.72. The summed E-state index contributed by atoms with van der Waals surface area (Å²) >= 11 is 0. The van der Waals surface area contributed by atoms with E-state index < -0.39 is 0 Å². The number of rotatable bonds is 8. The lowest BCUT2D eigenvalue weighted by molar-refractivity contribution is -0.133. The number of ether oxygens (including phenoxy) is 1. The first-order chi connectivity index (χ1) is 14.5. The molecule has 1 N–H and O–H groups in total. The first-order valence-electron chi connectivity index (χ1n) is 10.7. The van der Waals surface area contributed by atoms with Crippen molar-refractivity contribution in [3.05, 3.63) is 41.7 Å². The Hall–Kier alpha value is -2.45. The molecule has 1 aromatic carbocycles. The molecule has 162 valence electrons. The van der Waals surface area contributed by atoms with Crippen molar-refractivity contribution in [2.75, 3.05) is 34.3 Å². The van der Waals surface area contributed by atoms with Crippen molar-refractivity contribution in [3.8, 4) is 5.75 Å². The van der Waals surface area contributed by atoms with Crippen LogP contribution in [0.1, 0.15) is 24.1 Å². The summed E-state index contributed by atoms with van der Waals surface area (Å²) in [4.78, 5) is 17.5. The monoisotopic (exact) mass is 412 g/mol. The zero-order valence-corrected chi connectivity index (χ0v) is 18.1. The Bertz CT molecular complexity index is 867. The minimum absolute atomic E-state index is 0.0600. The van der Waals surface area contributed by atoms with Crippen LogP contribution in [0.3, 0.4) is 0 Å². The lowest BCUT2D eigenvalue weighted by atomic mass is 9.75. The normalized spacial score (nSPS) is 25.5. The molecule has 0 aliphatic carbocycles. The summed E-state index contributed by atoms with van der Waals surface area (Å²) in [6.07, 6.45) is 4.17. The number of piperidine rings is 3. The van der Waals surface area contributed by atoms with E-state index in [9.17, 15) is 4.79 Å². The summed E-state index contributed by atoms with van der Waals surface area (Å²) in [5, 5.41) is 11.7. The lowest BCUT2D eigenvalue weighted by Gasteiger charge is -2.49. The topological polar surface area (TPSA) is 75.5 Å². The van der Waals surface area contributed by atoms with Crippen LogP contribution < -0.4 is 10.1 Å². The van der Waals surface area contributed by atoms with Crippen LogP contribution in [0, 0.1) is 11.8 Å². The smallest absolute Gasteiger partial charge is 0.224 e. The third kappa shape index (κ3) is 4.65. The summed E-state index contributed by atoms with van der Waals surface area (Å²) in [6, 6.07) is 8.26. The highest BCUT2D eigenvalue weighted by atomic mass is 16.5. The molecule has 2 aromatic rings. The van der Waals surface area contributed by atoms with Gasteiger partial charge in [-0.2, -0.15) is 0 Å². The van der Waals surface area contributed by atoms with E-state index in [1.165, 1.54) is 0 Å². The molecule has 1 amide bonds. The highest BCUT2D eigenvalue weighted by Gasteiger charge is 2.43. The van der Waals surface area contributed by atoms with Crippen molar-refractivity contribution in [2.24, 2.45) is 11.8 Å². The number of methoxy groups -OCH3 is 1. The van der Waals surface area contributed by atoms with Gasteiger partial charge in [0.25, 0.3) is 0 Å². The van der Waals surface area contributed by atoms with E-state index >= 15 is 0 Å². The van der Waals surface area contributed by atoms with E-state index in [0.717, 1.165) is 56.0 Å². The molecule has 0 spiro atoms. The van der Waals surface area contributed by atoms with E-state index in [1.54, 1.807) is 7.11 Å². The maximum Gasteiger partial charge on any atom is 0.224 e. The van der Waals surface area contributed by atoms with Gasteiger partial charge in [0.2, 0.25) is 5.91 Å². The van der Waals surface area contributed by atoms with Crippen LogP contribution in [-0.2, 0) is 24.4 Å². The van der Waals surface area contributed by atoms with Crippen molar-refractivity contribution >= 4 is 5.91 Å². The Labute approximate surface area is 178 Å². The molecule has 4 atom stereocenters. The van der Waals surface area contributed by atoms with E-state index in [-0.39, 0.29) is 11.8 Å². The number of para-hydroxylation sites is 1. The van der Waals surface area contributed by atoms with E-state index in [1.807, 2.05) is 49.2 Å². The third-order valence-corrected chi connectivity index (χ3v) is 6.32. The number of amides is 1. The van der Waals surface area contributed by atoms with Gasteiger partial charge in [-0.15, -0.1) is 5.10 Å². The Morgan fingerprint density at radius 3 is 2.90 bits per heavy atom. The standard InChI is InChI=1S/C22H32N6O2/c1-26(2)12-18-13-28(25-24-18)14-19-10-16-8-9-27(19)15-20(16)22(29)23-11-17-6-4-5-7-21(17)30-3/h4-7,13,16,19-20H,8-12,14-15H2,1-3H3,(H,23,29)/t16-,19+,20-/m0/s1. The maximum atomic E-state index is 12.9. The first-order valence-corrected chi connectivity index (χ1v) is 10.7. The number of benzene rings is 1. The van der Waals surface area contributed by atoms with Crippen LogP contribution in [0.5, 0.6) is 5.75 Å². The van der Waals surface area contributed by atoms with E-state index in [2.05, 4.69) is 25.4 Å². The van der Waals surface area contributed by atoms with Crippen molar-refractivity contribution in [2.45, 2.75) is 38.5 Å². The molecule has 8 nitrogen and oxygen atoms in total. The van der Waals surface area contributed by atoms with Gasteiger partial charge in [0.05, 0.1) is 25.3 Å². The maximum absolute atomic E-state index is 12.9. The van der Waals surface area contributed by atoms with Crippen LogP contribution >= 0.6 is 0 Å². The largest absolute Gasteiger partial charge is 0.496 e. The average Bonchev–Trinajstić information content (AvgIpc) is 3.18. The van der Waals surface area contributed by atoms with Crippen molar-refractivity contribution in [1.29, 1.82) is 0 Å². The molecule has 3 aliphatic rings. The van der Waals surface area contributed by atoms with Gasteiger partial charge in [0.1, 0.15) is 5.75 Å². The van der Waals surface area contributed by atoms with E-state index in [4.69, 9.17) is 4.74 Å². The molecule has 3 fully saturated rings. The zero-order chi connectivity index (χ0) is 21.1. The molecule has 1 aromatic heterocycles. The first kappa shape index (κ1) is 20.8. The van der Waals surface area contributed by atoms with Gasteiger partial charge in [0, 0.05) is 37.4 Å². The fraction of sp³-hybridized carbons (Fsp3) is 0.591. The number of aromatic nitrogens is 3. The number of hydrogen-bond acceptors (Lipinski definition) is 6. The number of carbonyl (C=O) groups excluding carboxylic acids is 1. The predicted octanol–water partition coefficient (Wildman–Crippen LogP) is 1.38. The van der Waals surface area contributed by atoms with Gasteiger partial charge >= 0.3 is 0 Å². The molecule has 30 heavy (non-hydrogen) atoms. The Morgan fingerprint density at radius 2 is 2.17 bits per heavy atom. The van der Waals surface area contributed by atoms with Crippen LogP contribution in [0.2, 0.25) is 0 Å². The van der Waals surface area contributed by atoms with Gasteiger partial charge in [0.15, 0.2) is 0 Å². The molecular formula is C22H32N6O2. The van der Waals surface area contributed by atoms with Gasteiger partial charge in [-0.3, -0.25) is 14.4 Å². The van der Waals surface area contributed by atoms with Crippen LogP contribution in [0.15, 0.2) is 30.5 Å². The number of fused-ring (bicyclic) bond motifs is 3. The fourth-order valence-electron chi connectivity index (χ4n) is 4.83. The van der Waals surface area contributed by atoms with Crippen LogP contribution in [0.4, 0.5) is 0 Å². The second kappa shape index (κ2) is 9.14. The minimum Gasteiger partial charge on any atom is -0.496 e. The molecule has 3 aliphatic heterocycles. The molecule has 5 rings (SSSR count). The third-order valence-electron chi connectivity index (χ3n) is 6.32. The zero-order valence-electron chi connectivity index (χ0n) is 18.1.